The van der Waals surface area contributed by atoms with Crippen LogP contribution in [0.1, 0.15) is 44.4 Å². The molecule has 1 N–H and O–H groups in total. The van der Waals surface area contributed by atoms with Crippen LogP contribution in [-0.4, -0.2) is 12.2 Å². The molecule has 0 fully saturated rings. The Morgan fingerprint density at radius 2 is 1.73 bits per heavy atom. The number of hydrogen-bond acceptors (Lipinski definition) is 3. The van der Waals surface area contributed by atoms with Crippen LogP contribution in [-0.2, 0) is 11.3 Å². The zero-order valence-corrected chi connectivity index (χ0v) is 15.7. The molecule has 0 radical (unpaired) electrons. The van der Waals surface area contributed by atoms with Crippen molar-refractivity contribution >= 4 is 6.09 Å². The van der Waals surface area contributed by atoms with Gasteiger partial charge >= 0.3 is 6.09 Å². The zero-order valence-electron chi connectivity index (χ0n) is 15.7. The van der Waals surface area contributed by atoms with Crippen LogP contribution in [0.15, 0.2) is 66.7 Å². The molecule has 4 heteroatoms. The lowest BCUT2D eigenvalue weighted by atomic mass is 10.0. The van der Waals surface area contributed by atoms with Gasteiger partial charge in [0, 0.05) is 0 Å². The molecule has 1 atom stereocenters. The highest BCUT2D eigenvalue weighted by molar-refractivity contribution is 5.68. The third-order valence-corrected chi connectivity index (χ3v) is 3.71. The lowest BCUT2D eigenvalue weighted by molar-refractivity contribution is 0.135. The van der Waals surface area contributed by atoms with Crippen LogP contribution in [0, 0.1) is 0 Å². The topological polar surface area (TPSA) is 47.6 Å². The highest BCUT2D eigenvalue weighted by Crippen LogP contribution is 2.23. The van der Waals surface area contributed by atoms with E-state index in [1.54, 1.807) is 0 Å². The lowest BCUT2D eigenvalue weighted by Gasteiger charge is -2.20. The maximum Gasteiger partial charge on any atom is 0.407 e. The number of amides is 1. The van der Waals surface area contributed by atoms with Crippen molar-refractivity contribution in [2.75, 3.05) is 0 Å². The second-order valence-corrected chi connectivity index (χ2v) is 6.66. The fourth-order valence-corrected chi connectivity index (χ4v) is 2.56. The van der Waals surface area contributed by atoms with Crippen LogP contribution in [0.3, 0.4) is 0 Å². The first-order valence-corrected chi connectivity index (χ1v) is 8.82. The average Bonchev–Trinajstić information content (AvgIpc) is 2.60. The molecule has 138 valence electrons. The van der Waals surface area contributed by atoms with Crippen molar-refractivity contribution in [2.24, 2.45) is 0 Å². The summed E-state index contributed by atoms with van der Waals surface area (Å²) in [5.74, 6) is 0.810. The number of nitrogens with one attached hydrogen (secondary N) is 1. The number of benzene rings is 2. The monoisotopic (exact) mass is 353 g/mol. The summed E-state index contributed by atoms with van der Waals surface area (Å²) >= 11 is 0. The summed E-state index contributed by atoms with van der Waals surface area (Å²) in [4.78, 5) is 12.2. The van der Waals surface area contributed by atoms with E-state index in [1.807, 2.05) is 75.4 Å². The van der Waals surface area contributed by atoms with Crippen LogP contribution in [0.5, 0.6) is 5.75 Å². The van der Waals surface area contributed by atoms with Gasteiger partial charge in [-0.3, -0.25) is 0 Å². The fraction of sp³-hybridized carbons (Fsp3) is 0.318. The first-order valence-electron chi connectivity index (χ1n) is 8.82. The third-order valence-electron chi connectivity index (χ3n) is 3.71. The number of ether oxygens (including phenoxy) is 2. The van der Waals surface area contributed by atoms with Crippen molar-refractivity contribution in [3.8, 4) is 5.75 Å². The van der Waals surface area contributed by atoms with Gasteiger partial charge in [0.25, 0.3) is 0 Å². The standard InChI is InChI=1S/C22H27NO3/c1-16(2)14-21(19-10-12-20(13-11-19)26-17(3)4)23-22(24)25-15-18-8-6-5-7-9-18/h5-13,17,21H,1,14-15H2,2-4H3,(H,23,24). The van der Waals surface area contributed by atoms with E-state index >= 15 is 0 Å². The molecule has 26 heavy (non-hydrogen) atoms. The summed E-state index contributed by atoms with van der Waals surface area (Å²) in [6.07, 6.45) is 0.325. The minimum Gasteiger partial charge on any atom is -0.491 e. The fourth-order valence-electron chi connectivity index (χ4n) is 2.56. The van der Waals surface area contributed by atoms with Gasteiger partial charge in [-0.1, -0.05) is 48.0 Å². The summed E-state index contributed by atoms with van der Waals surface area (Å²) < 4.78 is 11.0. The Kier molecular flexibility index (Phi) is 7.27. The first-order chi connectivity index (χ1) is 12.4. The van der Waals surface area contributed by atoms with Gasteiger partial charge in [0.1, 0.15) is 12.4 Å². The maximum absolute atomic E-state index is 12.2. The molecular formula is C22H27NO3. The molecule has 4 nitrogen and oxygen atoms in total. The lowest BCUT2D eigenvalue weighted by Crippen LogP contribution is -2.29. The van der Waals surface area contributed by atoms with E-state index in [0.29, 0.717) is 6.42 Å². The Balaban J connectivity index is 1.99. The summed E-state index contributed by atoms with van der Waals surface area (Å²) in [5.41, 5.74) is 2.93. The predicted molar refractivity (Wildman–Crippen MR) is 104 cm³/mol. The van der Waals surface area contributed by atoms with E-state index in [1.165, 1.54) is 0 Å². The molecule has 0 bridgehead atoms. The molecule has 0 spiro atoms. The molecule has 2 aromatic rings. The van der Waals surface area contributed by atoms with E-state index in [4.69, 9.17) is 9.47 Å². The van der Waals surface area contributed by atoms with Crippen molar-refractivity contribution in [2.45, 2.75) is 45.9 Å². The van der Waals surface area contributed by atoms with Gasteiger partial charge in [-0.15, -0.1) is 6.58 Å². The number of hydrogen-bond donors (Lipinski definition) is 1. The van der Waals surface area contributed by atoms with Crippen molar-refractivity contribution in [1.82, 2.24) is 5.32 Å². The Morgan fingerprint density at radius 3 is 2.31 bits per heavy atom. The molecule has 0 heterocycles. The molecule has 0 saturated heterocycles. The largest absolute Gasteiger partial charge is 0.491 e. The number of alkyl carbamates (subject to hydrolysis) is 1. The summed E-state index contributed by atoms with van der Waals surface area (Å²) in [7, 11) is 0. The second-order valence-electron chi connectivity index (χ2n) is 6.66. The van der Waals surface area contributed by atoms with Gasteiger partial charge in [-0.05, 0) is 50.5 Å². The van der Waals surface area contributed by atoms with Crippen LogP contribution < -0.4 is 10.1 Å². The van der Waals surface area contributed by atoms with Crippen LogP contribution in [0.4, 0.5) is 4.79 Å². The molecule has 0 aliphatic rings. The smallest absolute Gasteiger partial charge is 0.407 e. The van der Waals surface area contributed by atoms with Gasteiger partial charge in [0.2, 0.25) is 0 Å². The molecule has 0 saturated carbocycles. The number of carbonyl (C=O) groups is 1. The molecule has 1 amide bonds. The summed E-state index contributed by atoms with van der Waals surface area (Å²) in [6, 6.07) is 17.2. The molecule has 2 aromatic carbocycles. The van der Waals surface area contributed by atoms with E-state index < -0.39 is 6.09 Å². The van der Waals surface area contributed by atoms with Crippen molar-refractivity contribution in [3.63, 3.8) is 0 Å². The second kappa shape index (κ2) is 9.66. The summed E-state index contributed by atoms with van der Waals surface area (Å²) in [5, 5.41) is 2.93. The SMILES string of the molecule is C=C(C)CC(NC(=O)OCc1ccccc1)c1ccc(OC(C)C)cc1. The Labute approximate surface area is 155 Å². The molecular weight excluding hydrogens is 326 g/mol. The highest BCUT2D eigenvalue weighted by Gasteiger charge is 2.16. The van der Waals surface area contributed by atoms with Gasteiger partial charge < -0.3 is 14.8 Å². The highest BCUT2D eigenvalue weighted by atomic mass is 16.5. The van der Waals surface area contributed by atoms with Crippen molar-refractivity contribution < 1.29 is 14.3 Å². The van der Waals surface area contributed by atoms with Crippen LogP contribution >= 0.6 is 0 Å². The number of carbonyl (C=O) groups excluding carboxylic acids is 1. The maximum atomic E-state index is 12.2. The quantitative estimate of drug-likeness (QED) is 0.646. The van der Waals surface area contributed by atoms with Crippen molar-refractivity contribution in [3.05, 3.63) is 77.9 Å². The van der Waals surface area contributed by atoms with Gasteiger partial charge in [0.15, 0.2) is 0 Å². The van der Waals surface area contributed by atoms with E-state index in [-0.39, 0.29) is 18.8 Å². The molecule has 1 unspecified atom stereocenters. The predicted octanol–water partition coefficient (Wildman–Crippen LogP) is 5.41. The van der Waals surface area contributed by atoms with Gasteiger partial charge in [0.05, 0.1) is 12.1 Å². The van der Waals surface area contributed by atoms with Gasteiger partial charge in [-0.2, -0.15) is 0 Å². The molecule has 2 rings (SSSR count). The summed E-state index contributed by atoms with van der Waals surface area (Å²) in [6.45, 7) is 10.1. The minimum atomic E-state index is -0.442. The minimum absolute atomic E-state index is 0.123. The van der Waals surface area contributed by atoms with E-state index in [0.717, 1.165) is 22.4 Å². The normalized spacial score (nSPS) is 11.7. The first kappa shape index (κ1) is 19.6. The van der Waals surface area contributed by atoms with E-state index in [9.17, 15) is 4.79 Å². The van der Waals surface area contributed by atoms with Crippen LogP contribution in [0.2, 0.25) is 0 Å². The molecule has 0 aliphatic heterocycles. The van der Waals surface area contributed by atoms with Gasteiger partial charge in [-0.25, -0.2) is 4.79 Å². The van der Waals surface area contributed by atoms with Crippen molar-refractivity contribution in [1.29, 1.82) is 0 Å². The average molecular weight is 353 g/mol. The molecule has 0 aliphatic carbocycles. The Bertz CT molecular complexity index is 708. The van der Waals surface area contributed by atoms with Crippen LogP contribution in [0.25, 0.3) is 0 Å². The Morgan fingerprint density at radius 1 is 1.08 bits per heavy atom. The zero-order chi connectivity index (χ0) is 18.9. The third kappa shape index (κ3) is 6.63. The van der Waals surface area contributed by atoms with E-state index in [2.05, 4.69) is 11.9 Å². The molecule has 0 aromatic heterocycles. The number of rotatable bonds is 8. The Hall–Kier alpha value is -2.75.